The zero-order valence-corrected chi connectivity index (χ0v) is 10.3. The highest BCUT2D eigenvalue weighted by Crippen LogP contribution is 2.40. The van der Waals surface area contributed by atoms with Gasteiger partial charge in [0.15, 0.2) is 5.78 Å². The number of carbonyl (C=O) groups excluding carboxylic acids is 2. The van der Waals surface area contributed by atoms with E-state index in [1.165, 1.54) is 0 Å². The van der Waals surface area contributed by atoms with Gasteiger partial charge in [0, 0.05) is 5.41 Å². The predicted octanol–water partition coefficient (Wildman–Crippen LogP) is 2.42. The van der Waals surface area contributed by atoms with Crippen LogP contribution in [0.1, 0.15) is 34.1 Å². The number of allylic oxidation sites excluding steroid dienone is 4. The molecule has 1 aliphatic rings. The lowest BCUT2D eigenvalue weighted by Gasteiger charge is -2.33. The van der Waals surface area contributed by atoms with E-state index >= 15 is 0 Å². The van der Waals surface area contributed by atoms with Gasteiger partial charge in [-0.05, 0) is 32.9 Å². The number of carbonyl (C=O) groups is 2. The molecule has 0 aliphatic heterocycles. The molecule has 0 aromatic carbocycles. The summed E-state index contributed by atoms with van der Waals surface area (Å²) in [5.74, 6) is -0.226. The Labute approximate surface area is 96.2 Å². The number of esters is 1. The van der Waals surface area contributed by atoms with E-state index in [1.54, 1.807) is 19.1 Å². The molecule has 0 N–H and O–H groups in total. The van der Waals surface area contributed by atoms with Gasteiger partial charge in [-0.3, -0.25) is 9.59 Å². The van der Waals surface area contributed by atoms with Crippen LogP contribution in [0.25, 0.3) is 0 Å². The second kappa shape index (κ2) is 4.64. The van der Waals surface area contributed by atoms with Crippen LogP contribution in [0.5, 0.6) is 0 Å². The molecule has 0 saturated heterocycles. The molecule has 0 heterocycles. The summed E-state index contributed by atoms with van der Waals surface area (Å²) in [6.45, 7) is 7.91. The van der Waals surface area contributed by atoms with Crippen molar-refractivity contribution in [1.29, 1.82) is 0 Å². The van der Waals surface area contributed by atoms with Crippen molar-refractivity contribution in [2.45, 2.75) is 34.1 Å². The van der Waals surface area contributed by atoms with Crippen LogP contribution in [0, 0.1) is 5.41 Å². The first kappa shape index (κ1) is 12.7. The Balaban J connectivity index is 2.91. The second-order valence-electron chi connectivity index (χ2n) is 4.37. The highest BCUT2D eigenvalue weighted by molar-refractivity contribution is 6.02. The summed E-state index contributed by atoms with van der Waals surface area (Å²) in [4.78, 5) is 22.8. The fourth-order valence-corrected chi connectivity index (χ4v) is 1.88. The third kappa shape index (κ3) is 2.40. The van der Waals surface area contributed by atoms with Gasteiger partial charge in [0.1, 0.15) is 0 Å². The van der Waals surface area contributed by atoms with Crippen molar-refractivity contribution >= 4 is 11.8 Å². The van der Waals surface area contributed by atoms with E-state index in [-0.39, 0.29) is 17.2 Å². The summed E-state index contributed by atoms with van der Waals surface area (Å²) in [6, 6.07) is 0. The van der Waals surface area contributed by atoms with Crippen molar-refractivity contribution in [1.82, 2.24) is 0 Å². The topological polar surface area (TPSA) is 43.4 Å². The molecule has 0 atom stereocenters. The largest absolute Gasteiger partial charge is 0.466 e. The van der Waals surface area contributed by atoms with Gasteiger partial charge >= 0.3 is 5.97 Å². The van der Waals surface area contributed by atoms with Gasteiger partial charge in [-0.25, -0.2) is 0 Å². The molecule has 0 aromatic rings. The number of hydrogen-bond acceptors (Lipinski definition) is 3. The molecule has 0 spiro atoms. The van der Waals surface area contributed by atoms with Crippen LogP contribution in [-0.2, 0) is 14.3 Å². The maximum Gasteiger partial charge on any atom is 0.306 e. The standard InChI is InChI=1S/C13H18O3/c1-5-16-12(15)8-13(4)9(2)6-11(14)7-10(13)3/h6-7H,5,8H2,1-4H3. The monoisotopic (exact) mass is 222 g/mol. The van der Waals surface area contributed by atoms with Crippen LogP contribution in [0.4, 0.5) is 0 Å². The van der Waals surface area contributed by atoms with Gasteiger partial charge in [-0.1, -0.05) is 18.1 Å². The summed E-state index contributed by atoms with van der Waals surface area (Å²) in [6.07, 6.45) is 3.47. The quantitative estimate of drug-likeness (QED) is 0.689. The fourth-order valence-electron chi connectivity index (χ4n) is 1.88. The molecule has 16 heavy (non-hydrogen) atoms. The lowest BCUT2D eigenvalue weighted by molar-refractivity contribution is -0.144. The molecule has 0 radical (unpaired) electrons. The molecular weight excluding hydrogens is 204 g/mol. The first-order valence-corrected chi connectivity index (χ1v) is 5.47. The molecule has 0 unspecified atom stereocenters. The molecule has 0 fully saturated rings. The minimum absolute atomic E-state index is 0.00339. The van der Waals surface area contributed by atoms with Crippen LogP contribution in [0.15, 0.2) is 23.3 Å². The fraction of sp³-hybridized carbons (Fsp3) is 0.538. The Hall–Kier alpha value is -1.38. The molecule has 0 saturated carbocycles. The molecule has 0 aromatic heterocycles. The van der Waals surface area contributed by atoms with Gasteiger partial charge in [-0.2, -0.15) is 0 Å². The third-order valence-electron chi connectivity index (χ3n) is 3.26. The van der Waals surface area contributed by atoms with Crippen molar-refractivity contribution in [3.63, 3.8) is 0 Å². The number of ether oxygens (including phenoxy) is 1. The molecular formula is C13H18O3. The Morgan fingerprint density at radius 3 is 2.25 bits per heavy atom. The molecule has 0 bridgehead atoms. The second-order valence-corrected chi connectivity index (χ2v) is 4.37. The maximum atomic E-state index is 11.5. The molecule has 88 valence electrons. The van der Waals surface area contributed by atoms with Crippen LogP contribution in [-0.4, -0.2) is 18.4 Å². The number of hydrogen-bond donors (Lipinski definition) is 0. The van der Waals surface area contributed by atoms with Crippen LogP contribution < -0.4 is 0 Å². The summed E-state index contributed by atoms with van der Waals surface area (Å²) in [5, 5.41) is 0. The zero-order valence-electron chi connectivity index (χ0n) is 10.3. The van der Waals surface area contributed by atoms with Crippen LogP contribution in [0.2, 0.25) is 0 Å². The molecule has 1 rings (SSSR count). The van der Waals surface area contributed by atoms with E-state index in [1.807, 2.05) is 20.8 Å². The van der Waals surface area contributed by atoms with E-state index in [0.717, 1.165) is 11.1 Å². The minimum atomic E-state index is -0.375. The van der Waals surface area contributed by atoms with Crippen molar-refractivity contribution < 1.29 is 14.3 Å². The Morgan fingerprint density at radius 2 is 1.81 bits per heavy atom. The highest BCUT2D eigenvalue weighted by atomic mass is 16.5. The Morgan fingerprint density at radius 1 is 1.31 bits per heavy atom. The van der Waals surface area contributed by atoms with Gasteiger partial charge in [-0.15, -0.1) is 0 Å². The van der Waals surface area contributed by atoms with Crippen molar-refractivity contribution in [3.05, 3.63) is 23.3 Å². The summed E-state index contributed by atoms with van der Waals surface area (Å²) < 4.78 is 4.96. The minimum Gasteiger partial charge on any atom is -0.466 e. The van der Waals surface area contributed by atoms with Crippen LogP contribution in [0.3, 0.4) is 0 Å². The first-order chi connectivity index (χ1) is 7.40. The summed E-state index contributed by atoms with van der Waals surface area (Å²) in [5.41, 5.74) is 1.47. The lowest BCUT2D eigenvalue weighted by atomic mass is 9.71. The maximum absolute atomic E-state index is 11.5. The van der Waals surface area contributed by atoms with E-state index in [4.69, 9.17) is 4.74 Å². The molecule has 0 amide bonds. The number of rotatable bonds is 3. The van der Waals surface area contributed by atoms with E-state index < -0.39 is 0 Å². The summed E-state index contributed by atoms with van der Waals surface area (Å²) >= 11 is 0. The number of ketones is 1. The van der Waals surface area contributed by atoms with Gasteiger partial charge in [0.05, 0.1) is 13.0 Å². The Kier molecular flexibility index (Phi) is 3.68. The SMILES string of the molecule is CCOC(=O)CC1(C)C(C)=CC(=O)C=C1C. The van der Waals surface area contributed by atoms with E-state index in [9.17, 15) is 9.59 Å². The van der Waals surface area contributed by atoms with Crippen molar-refractivity contribution in [2.75, 3.05) is 6.61 Å². The smallest absolute Gasteiger partial charge is 0.306 e. The van der Waals surface area contributed by atoms with Gasteiger partial charge in [0.2, 0.25) is 0 Å². The molecule has 3 heteroatoms. The predicted molar refractivity (Wildman–Crippen MR) is 61.9 cm³/mol. The molecule has 3 nitrogen and oxygen atoms in total. The van der Waals surface area contributed by atoms with E-state index in [0.29, 0.717) is 13.0 Å². The van der Waals surface area contributed by atoms with Crippen molar-refractivity contribution in [2.24, 2.45) is 5.41 Å². The lowest BCUT2D eigenvalue weighted by Crippen LogP contribution is -2.28. The zero-order chi connectivity index (χ0) is 12.3. The average molecular weight is 222 g/mol. The molecule has 1 aliphatic carbocycles. The van der Waals surface area contributed by atoms with Crippen LogP contribution >= 0.6 is 0 Å². The highest BCUT2D eigenvalue weighted by Gasteiger charge is 2.34. The third-order valence-corrected chi connectivity index (χ3v) is 3.26. The normalized spacial score (nSPS) is 18.9. The average Bonchev–Trinajstić information content (AvgIpc) is 2.15. The van der Waals surface area contributed by atoms with E-state index in [2.05, 4.69) is 0 Å². The Bertz CT molecular complexity index is 353. The van der Waals surface area contributed by atoms with Crippen molar-refractivity contribution in [3.8, 4) is 0 Å². The first-order valence-electron chi connectivity index (χ1n) is 5.47. The van der Waals surface area contributed by atoms with Gasteiger partial charge in [0.25, 0.3) is 0 Å². The summed E-state index contributed by atoms with van der Waals surface area (Å²) in [7, 11) is 0. The van der Waals surface area contributed by atoms with Gasteiger partial charge < -0.3 is 4.74 Å².